The van der Waals surface area contributed by atoms with E-state index in [0.717, 1.165) is 6.07 Å². The van der Waals surface area contributed by atoms with Crippen LogP contribution in [0.5, 0.6) is 5.75 Å². The van der Waals surface area contributed by atoms with Crippen molar-refractivity contribution in [1.82, 2.24) is 9.55 Å². The van der Waals surface area contributed by atoms with Gasteiger partial charge in [0.2, 0.25) is 0 Å². The summed E-state index contributed by atoms with van der Waals surface area (Å²) in [4.78, 5) is 16.5. The van der Waals surface area contributed by atoms with Crippen molar-refractivity contribution in [2.24, 2.45) is 0 Å². The van der Waals surface area contributed by atoms with Crippen LogP contribution in [0.25, 0.3) is 11.1 Å². The average Bonchev–Trinajstić information content (AvgIpc) is 3.15. The van der Waals surface area contributed by atoms with E-state index in [1.807, 2.05) is 6.07 Å². The molecule has 0 saturated heterocycles. The van der Waals surface area contributed by atoms with Gasteiger partial charge in [-0.15, -0.1) is 0 Å². The number of oxazole rings is 1. The van der Waals surface area contributed by atoms with Gasteiger partial charge >= 0.3 is 6.61 Å². The maximum Gasteiger partial charge on any atom is 0.387 e. The van der Waals surface area contributed by atoms with E-state index in [1.165, 1.54) is 41.6 Å². The number of ether oxygens (including phenoxy) is 1. The van der Waals surface area contributed by atoms with Crippen molar-refractivity contribution in [3.8, 4) is 22.9 Å². The minimum atomic E-state index is -3.11. The fourth-order valence-electron chi connectivity index (χ4n) is 2.84. The summed E-state index contributed by atoms with van der Waals surface area (Å²) in [6.07, 6.45) is 4.31. The van der Waals surface area contributed by atoms with Gasteiger partial charge in [-0.3, -0.25) is 4.79 Å². The van der Waals surface area contributed by atoms with Crippen LogP contribution < -0.4 is 10.3 Å². The van der Waals surface area contributed by atoms with Crippen molar-refractivity contribution >= 4 is 11.6 Å². The third kappa shape index (κ3) is 4.21. The lowest BCUT2D eigenvalue weighted by atomic mass is 10.0. The summed E-state index contributed by atoms with van der Waals surface area (Å²) >= 11 is 5.98. The molecule has 144 valence electrons. The van der Waals surface area contributed by atoms with E-state index in [1.54, 1.807) is 6.92 Å². The standard InChI is InChI=1S/C19H14ClF2N3O3/c1-11(4-14-8-24-10-27-14)25-9-17(28-19(21)22)16(6-18(25)26)15-5-13(20)3-2-12(15)7-23/h2-3,5-6,8-11,19H,4H2,1H3. The zero-order chi connectivity index (χ0) is 20.3. The fourth-order valence-corrected chi connectivity index (χ4v) is 3.01. The fraction of sp³-hybridized carbons (Fsp3) is 0.211. The lowest BCUT2D eigenvalue weighted by molar-refractivity contribution is -0.0499. The molecule has 1 atom stereocenters. The van der Waals surface area contributed by atoms with E-state index in [2.05, 4.69) is 9.72 Å². The van der Waals surface area contributed by atoms with E-state index in [9.17, 15) is 18.8 Å². The van der Waals surface area contributed by atoms with Crippen molar-refractivity contribution in [3.63, 3.8) is 0 Å². The molecule has 3 aromatic rings. The van der Waals surface area contributed by atoms with Crippen molar-refractivity contribution in [2.75, 3.05) is 0 Å². The number of hydrogen-bond acceptors (Lipinski definition) is 5. The van der Waals surface area contributed by atoms with Gasteiger partial charge in [0.05, 0.1) is 24.0 Å². The molecule has 0 bridgehead atoms. The molecule has 0 aliphatic carbocycles. The summed E-state index contributed by atoms with van der Waals surface area (Å²) in [5, 5.41) is 9.61. The average molecular weight is 406 g/mol. The molecule has 1 aromatic carbocycles. The Hall–Kier alpha value is -3.18. The molecule has 2 heterocycles. The highest BCUT2D eigenvalue weighted by atomic mass is 35.5. The summed E-state index contributed by atoms with van der Waals surface area (Å²) in [6.45, 7) is -1.38. The Labute approximate surface area is 163 Å². The topological polar surface area (TPSA) is 81.0 Å². The molecule has 0 fully saturated rings. The molecule has 0 saturated carbocycles. The predicted molar refractivity (Wildman–Crippen MR) is 97.4 cm³/mol. The van der Waals surface area contributed by atoms with E-state index in [0.29, 0.717) is 17.2 Å². The van der Waals surface area contributed by atoms with Crippen LogP contribution in [0.15, 0.2) is 52.3 Å². The van der Waals surface area contributed by atoms with Crippen LogP contribution in [0.4, 0.5) is 8.78 Å². The summed E-state index contributed by atoms with van der Waals surface area (Å²) in [7, 11) is 0. The number of hydrogen-bond donors (Lipinski definition) is 0. The Balaban J connectivity index is 2.12. The predicted octanol–water partition coefficient (Wildman–Crippen LogP) is 4.43. The van der Waals surface area contributed by atoms with Gasteiger partial charge in [0.25, 0.3) is 5.56 Å². The molecule has 0 spiro atoms. The van der Waals surface area contributed by atoms with Gasteiger partial charge in [0.1, 0.15) is 11.5 Å². The minimum absolute atomic E-state index is 0.0625. The molecule has 2 aromatic heterocycles. The van der Waals surface area contributed by atoms with E-state index < -0.39 is 18.2 Å². The molecular weight excluding hydrogens is 392 g/mol. The van der Waals surface area contributed by atoms with E-state index >= 15 is 0 Å². The first-order valence-corrected chi connectivity index (χ1v) is 8.55. The molecule has 0 amide bonds. The molecular formula is C19H14ClF2N3O3. The molecule has 0 N–H and O–H groups in total. The van der Waals surface area contributed by atoms with Crippen LogP contribution in [0.2, 0.25) is 5.02 Å². The highest BCUT2D eigenvalue weighted by Crippen LogP contribution is 2.34. The summed E-state index contributed by atoms with van der Waals surface area (Å²) < 4.78 is 37.1. The van der Waals surface area contributed by atoms with Gasteiger partial charge in [-0.05, 0) is 25.1 Å². The summed E-state index contributed by atoms with van der Waals surface area (Å²) in [5.41, 5.74) is 0.0214. The van der Waals surface area contributed by atoms with Gasteiger partial charge in [-0.2, -0.15) is 14.0 Å². The quantitative estimate of drug-likeness (QED) is 0.605. The number of rotatable bonds is 6. The van der Waals surface area contributed by atoms with Crippen molar-refractivity contribution in [3.05, 3.63) is 69.8 Å². The second-order valence-corrected chi connectivity index (χ2v) is 6.43. The number of halogens is 3. The largest absolute Gasteiger partial charge is 0.448 e. The first-order chi connectivity index (χ1) is 13.4. The Morgan fingerprint density at radius 3 is 2.79 bits per heavy atom. The van der Waals surface area contributed by atoms with Gasteiger partial charge in [0, 0.05) is 34.7 Å². The Morgan fingerprint density at radius 1 is 1.36 bits per heavy atom. The first kappa shape index (κ1) is 19.6. The van der Waals surface area contributed by atoms with Gasteiger partial charge in [-0.1, -0.05) is 11.6 Å². The van der Waals surface area contributed by atoms with Crippen molar-refractivity contribution < 1.29 is 17.9 Å². The van der Waals surface area contributed by atoms with Crippen LogP contribution >= 0.6 is 11.6 Å². The Kier molecular flexibility index (Phi) is 5.76. The van der Waals surface area contributed by atoms with Gasteiger partial charge in [0.15, 0.2) is 6.39 Å². The number of benzene rings is 1. The third-order valence-electron chi connectivity index (χ3n) is 4.11. The Bertz CT molecular complexity index is 1080. The minimum Gasteiger partial charge on any atom is -0.448 e. The molecule has 28 heavy (non-hydrogen) atoms. The van der Waals surface area contributed by atoms with Crippen molar-refractivity contribution in [2.45, 2.75) is 26.0 Å². The first-order valence-electron chi connectivity index (χ1n) is 8.17. The van der Waals surface area contributed by atoms with Crippen LogP contribution in [0, 0.1) is 11.3 Å². The molecule has 0 aliphatic rings. The molecule has 0 radical (unpaired) electrons. The monoisotopic (exact) mass is 405 g/mol. The van der Waals surface area contributed by atoms with Crippen LogP contribution in [0.1, 0.15) is 24.3 Å². The SMILES string of the molecule is CC(Cc1cnco1)n1cc(OC(F)F)c(-c2cc(Cl)ccc2C#N)cc1=O. The molecule has 3 rings (SSSR count). The molecule has 0 aliphatic heterocycles. The maximum absolute atomic E-state index is 13.0. The Morgan fingerprint density at radius 2 is 2.14 bits per heavy atom. The second kappa shape index (κ2) is 8.23. The van der Waals surface area contributed by atoms with Crippen LogP contribution in [-0.2, 0) is 6.42 Å². The highest BCUT2D eigenvalue weighted by Gasteiger charge is 2.19. The summed E-state index contributed by atoms with van der Waals surface area (Å²) in [5.74, 6) is 0.305. The summed E-state index contributed by atoms with van der Waals surface area (Å²) in [6, 6.07) is 7.07. The lowest BCUT2D eigenvalue weighted by Gasteiger charge is -2.18. The van der Waals surface area contributed by atoms with E-state index in [-0.39, 0.29) is 22.4 Å². The number of nitrogens with zero attached hydrogens (tertiary/aromatic N) is 3. The number of alkyl halides is 2. The zero-order valence-electron chi connectivity index (χ0n) is 14.6. The van der Waals surface area contributed by atoms with Crippen LogP contribution in [-0.4, -0.2) is 16.2 Å². The number of pyridine rings is 1. The molecule has 1 unspecified atom stereocenters. The normalized spacial score (nSPS) is 12.0. The third-order valence-corrected chi connectivity index (χ3v) is 4.34. The van der Waals surface area contributed by atoms with Crippen LogP contribution in [0.3, 0.4) is 0 Å². The smallest absolute Gasteiger partial charge is 0.387 e. The number of nitriles is 1. The van der Waals surface area contributed by atoms with E-state index in [4.69, 9.17) is 16.0 Å². The molecule has 9 heteroatoms. The lowest BCUT2D eigenvalue weighted by Crippen LogP contribution is -2.24. The number of aromatic nitrogens is 2. The molecule has 6 nitrogen and oxygen atoms in total. The highest BCUT2D eigenvalue weighted by molar-refractivity contribution is 6.31. The van der Waals surface area contributed by atoms with Crippen molar-refractivity contribution in [1.29, 1.82) is 5.26 Å². The second-order valence-electron chi connectivity index (χ2n) is 6.00. The van der Waals surface area contributed by atoms with Gasteiger partial charge in [-0.25, -0.2) is 4.98 Å². The van der Waals surface area contributed by atoms with Gasteiger partial charge < -0.3 is 13.7 Å². The maximum atomic E-state index is 13.0. The zero-order valence-corrected chi connectivity index (χ0v) is 15.4.